The van der Waals surface area contributed by atoms with Crippen molar-refractivity contribution in [1.29, 1.82) is 0 Å². The zero-order valence-corrected chi connectivity index (χ0v) is 19.6. The minimum absolute atomic E-state index is 0.237. The number of anilines is 1. The first-order chi connectivity index (χ1) is 16.5. The molecule has 0 spiro atoms. The first-order valence-electron chi connectivity index (χ1n) is 11.6. The number of piperazine rings is 1. The van der Waals surface area contributed by atoms with Gasteiger partial charge in [0.05, 0.1) is 6.67 Å². The van der Waals surface area contributed by atoms with Crippen LogP contribution in [0.25, 0.3) is 0 Å². The molecule has 2 aliphatic rings. The van der Waals surface area contributed by atoms with Gasteiger partial charge in [0.15, 0.2) is 5.54 Å². The Morgan fingerprint density at radius 3 is 2.26 bits per heavy atom. The molecule has 5 rings (SSSR count). The molecule has 34 heavy (non-hydrogen) atoms. The number of carbonyl (C=O) groups excluding carboxylic acids is 2. The Bertz CT molecular complexity index is 1190. The lowest BCUT2D eigenvalue weighted by atomic mass is 9.81. The summed E-state index contributed by atoms with van der Waals surface area (Å²) in [5, 5.41) is 3.06. The molecule has 1 atom stereocenters. The van der Waals surface area contributed by atoms with Crippen molar-refractivity contribution in [2.75, 3.05) is 37.7 Å². The predicted octanol–water partition coefficient (Wildman–Crippen LogP) is 3.27. The van der Waals surface area contributed by atoms with Gasteiger partial charge in [0.1, 0.15) is 5.82 Å². The van der Waals surface area contributed by atoms with E-state index < -0.39 is 5.54 Å². The van der Waals surface area contributed by atoms with Crippen molar-refractivity contribution in [3.63, 3.8) is 0 Å². The van der Waals surface area contributed by atoms with Gasteiger partial charge in [0.2, 0.25) is 0 Å². The summed E-state index contributed by atoms with van der Waals surface area (Å²) in [4.78, 5) is 37.4. The summed E-state index contributed by atoms with van der Waals surface area (Å²) in [5.74, 6) is 0.717. The molecule has 0 radical (unpaired) electrons. The van der Waals surface area contributed by atoms with E-state index in [0.29, 0.717) is 0 Å². The maximum absolute atomic E-state index is 14.0. The van der Waals surface area contributed by atoms with Crippen LogP contribution in [0.2, 0.25) is 0 Å². The molecule has 2 aliphatic heterocycles. The maximum Gasteiger partial charge on any atom is 0.326 e. The number of aryl methyl sites for hydroxylation is 2. The summed E-state index contributed by atoms with van der Waals surface area (Å²) >= 11 is 0. The SMILES string of the molecule is Cc1ccc([C@@]2(c3ccccc3)NC(=O)N(CN3CCN(c4ccccn4)CC3)C2=O)cc1C. The lowest BCUT2D eigenvalue weighted by molar-refractivity contribution is -0.131. The Labute approximate surface area is 200 Å². The molecule has 3 amide bonds. The smallest absolute Gasteiger partial charge is 0.326 e. The predicted molar refractivity (Wildman–Crippen MR) is 131 cm³/mol. The van der Waals surface area contributed by atoms with Crippen LogP contribution >= 0.6 is 0 Å². The number of nitrogens with zero attached hydrogens (tertiary/aromatic N) is 4. The molecule has 3 aromatic rings. The summed E-state index contributed by atoms with van der Waals surface area (Å²) < 4.78 is 0. The van der Waals surface area contributed by atoms with Crippen LogP contribution in [0.15, 0.2) is 72.9 Å². The topological polar surface area (TPSA) is 68.8 Å². The van der Waals surface area contributed by atoms with Crippen molar-refractivity contribution in [1.82, 2.24) is 20.1 Å². The molecule has 1 aromatic heterocycles. The maximum atomic E-state index is 14.0. The minimum Gasteiger partial charge on any atom is -0.354 e. The molecular weight excluding hydrogens is 426 g/mol. The van der Waals surface area contributed by atoms with E-state index in [0.717, 1.165) is 54.3 Å². The highest BCUT2D eigenvalue weighted by atomic mass is 16.2. The largest absolute Gasteiger partial charge is 0.354 e. The van der Waals surface area contributed by atoms with Gasteiger partial charge in [-0.15, -0.1) is 0 Å². The third kappa shape index (κ3) is 3.82. The van der Waals surface area contributed by atoms with Gasteiger partial charge in [-0.1, -0.05) is 54.6 Å². The van der Waals surface area contributed by atoms with Crippen molar-refractivity contribution in [3.8, 4) is 0 Å². The summed E-state index contributed by atoms with van der Waals surface area (Å²) in [6.45, 7) is 7.41. The monoisotopic (exact) mass is 455 g/mol. The lowest BCUT2D eigenvalue weighted by Crippen LogP contribution is -2.52. The van der Waals surface area contributed by atoms with Crippen LogP contribution in [0.4, 0.5) is 10.6 Å². The Kier molecular flexibility index (Phi) is 5.79. The number of pyridine rings is 1. The molecule has 0 saturated carbocycles. The zero-order chi connectivity index (χ0) is 23.7. The van der Waals surface area contributed by atoms with Crippen LogP contribution in [-0.4, -0.2) is 59.6 Å². The van der Waals surface area contributed by atoms with Crippen LogP contribution in [0.3, 0.4) is 0 Å². The summed E-state index contributed by atoms with van der Waals surface area (Å²) in [6.07, 6.45) is 1.80. The summed E-state index contributed by atoms with van der Waals surface area (Å²) in [6, 6.07) is 21.0. The van der Waals surface area contributed by atoms with Crippen molar-refractivity contribution in [2.24, 2.45) is 0 Å². The van der Waals surface area contributed by atoms with Gasteiger partial charge in [0, 0.05) is 32.4 Å². The van der Waals surface area contributed by atoms with Gasteiger partial charge in [-0.05, 0) is 48.2 Å². The number of imide groups is 1. The molecule has 7 heteroatoms. The molecule has 2 saturated heterocycles. The van der Waals surface area contributed by atoms with E-state index in [1.165, 1.54) is 4.90 Å². The Hall–Kier alpha value is -3.71. The molecule has 0 aliphatic carbocycles. The average molecular weight is 456 g/mol. The van der Waals surface area contributed by atoms with Crippen LogP contribution < -0.4 is 10.2 Å². The first kappa shape index (κ1) is 22.1. The first-order valence-corrected chi connectivity index (χ1v) is 11.6. The van der Waals surface area contributed by atoms with E-state index in [4.69, 9.17) is 0 Å². The molecule has 174 valence electrons. The highest BCUT2D eigenvalue weighted by Crippen LogP contribution is 2.37. The van der Waals surface area contributed by atoms with Crippen LogP contribution in [0.5, 0.6) is 0 Å². The number of hydrogen-bond acceptors (Lipinski definition) is 5. The van der Waals surface area contributed by atoms with E-state index in [1.807, 2.05) is 80.6 Å². The Morgan fingerprint density at radius 1 is 0.853 bits per heavy atom. The third-order valence-corrected chi connectivity index (χ3v) is 6.94. The van der Waals surface area contributed by atoms with Crippen LogP contribution in [0, 0.1) is 13.8 Å². The van der Waals surface area contributed by atoms with Gasteiger partial charge < -0.3 is 10.2 Å². The van der Waals surface area contributed by atoms with Crippen molar-refractivity contribution >= 4 is 17.8 Å². The van der Waals surface area contributed by atoms with E-state index in [2.05, 4.69) is 20.1 Å². The Balaban J connectivity index is 1.39. The fourth-order valence-corrected chi connectivity index (χ4v) is 4.78. The normalized spacial score (nSPS) is 21.1. The zero-order valence-electron chi connectivity index (χ0n) is 19.6. The second-order valence-corrected chi connectivity index (χ2v) is 9.01. The van der Waals surface area contributed by atoms with E-state index >= 15 is 0 Å². The van der Waals surface area contributed by atoms with Crippen molar-refractivity contribution in [3.05, 3.63) is 95.2 Å². The fourth-order valence-electron chi connectivity index (χ4n) is 4.78. The van der Waals surface area contributed by atoms with Gasteiger partial charge in [0.25, 0.3) is 5.91 Å². The number of amides is 3. The van der Waals surface area contributed by atoms with Crippen LogP contribution in [-0.2, 0) is 10.3 Å². The van der Waals surface area contributed by atoms with Crippen molar-refractivity contribution < 1.29 is 9.59 Å². The number of carbonyl (C=O) groups is 2. The molecule has 0 unspecified atom stereocenters. The second-order valence-electron chi connectivity index (χ2n) is 9.01. The molecule has 2 aromatic carbocycles. The number of hydrogen-bond donors (Lipinski definition) is 1. The lowest BCUT2D eigenvalue weighted by Gasteiger charge is -2.36. The van der Waals surface area contributed by atoms with Gasteiger partial charge in [-0.3, -0.25) is 9.69 Å². The van der Waals surface area contributed by atoms with E-state index in [1.54, 1.807) is 6.20 Å². The summed E-state index contributed by atoms with van der Waals surface area (Å²) in [5.41, 5.74) is 2.54. The molecule has 7 nitrogen and oxygen atoms in total. The van der Waals surface area contributed by atoms with Gasteiger partial charge >= 0.3 is 6.03 Å². The van der Waals surface area contributed by atoms with Gasteiger partial charge in [-0.2, -0.15) is 0 Å². The summed E-state index contributed by atoms with van der Waals surface area (Å²) in [7, 11) is 0. The standard InChI is InChI=1S/C27H29N5O2/c1-20-11-12-23(18-21(20)2)27(22-8-4-3-5-9-22)25(33)32(26(34)29-27)19-30-14-16-31(17-15-30)24-10-6-7-13-28-24/h3-13,18H,14-17,19H2,1-2H3,(H,29,34)/t27-/m1/s1. The number of rotatable bonds is 5. The molecule has 3 heterocycles. The number of urea groups is 1. The number of aromatic nitrogens is 1. The van der Waals surface area contributed by atoms with E-state index in [-0.39, 0.29) is 18.6 Å². The fraction of sp³-hybridized carbons (Fsp3) is 0.296. The molecule has 0 bridgehead atoms. The number of benzene rings is 2. The molecular formula is C27H29N5O2. The quantitative estimate of drug-likeness (QED) is 0.598. The minimum atomic E-state index is -1.23. The molecule has 2 fully saturated rings. The number of nitrogens with one attached hydrogen (secondary N) is 1. The van der Waals surface area contributed by atoms with E-state index in [9.17, 15) is 9.59 Å². The Morgan fingerprint density at radius 2 is 1.59 bits per heavy atom. The average Bonchev–Trinajstić information content (AvgIpc) is 3.13. The third-order valence-electron chi connectivity index (χ3n) is 6.94. The highest BCUT2D eigenvalue weighted by Gasteiger charge is 2.54. The highest BCUT2D eigenvalue weighted by molar-refractivity contribution is 6.09. The molecule has 1 N–H and O–H groups in total. The van der Waals surface area contributed by atoms with Gasteiger partial charge in [-0.25, -0.2) is 14.7 Å². The second kappa shape index (κ2) is 8.91. The van der Waals surface area contributed by atoms with Crippen LogP contribution in [0.1, 0.15) is 22.3 Å². The van der Waals surface area contributed by atoms with Crippen molar-refractivity contribution in [2.45, 2.75) is 19.4 Å².